The summed E-state index contributed by atoms with van der Waals surface area (Å²) in [5.41, 5.74) is 1.71. The Kier molecular flexibility index (Phi) is 4.32. The molecular formula is C20H21N5OS. The first-order valence-electron chi connectivity index (χ1n) is 9.46. The second kappa shape index (κ2) is 6.96. The molecular weight excluding hydrogens is 358 g/mol. The molecule has 0 aliphatic heterocycles. The van der Waals surface area contributed by atoms with Crippen molar-refractivity contribution in [2.24, 2.45) is 11.8 Å². The van der Waals surface area contributed by atoms with E-state index in [1.807, 2.05) is 30.3 Å². The Balaban J connectivity index is 1.30. The molecule has 1 N–H and O–H groups in total. The minimum atomic E-state index is 0.103. The lowest BCUT2D eigenvalue weighted by molar-refractivity contribution is -0.119. The van der Waals surface area contributed by atoms with Crippen LogP contribution in [0, 0.1) is 11.8 Å². The van der Waals surface area contributed by atoms with Crippen molar-refractivity contribution in [1.82, 2.24) is 25.1 Å². The Morgan fingerprint density at radius 1 is 1.15 bits per heavy atom. The number of nitrogens with one attached hydrogen (secondary N) is 1. The molecule has 0 saturated heterocycles. The van der Waals surface area contributed by atoms with Gasteiger partial charge in [-0.1, -0.05) is 30.0 Å². The van der Waals surface area contributed by atoms with E-state index in [1.165, 1.54) is 37.4 Å². The van der Waals surface area contributed by atoms with Crippen LogP contribution in [-0.4, -0.2) is 37.5 Å². The number of rotatable bonds is 7. The summed E-state index contributed by atoms with van der Waals surface area (Å²) >= 11 is 1.46. The molecule has 6 nitrogen and oxygen atoms in total. The van der Waals surface area contributed by atoms with Crippen LogP contribution in [0.1, 0.15) is 25.7 Å². The Hall–Kier alpha value is -2.41. The van der Waals surface area contributed by atoms with Crippen LogP contribution in [-0.2, 0) is 4.79 Å². The lowest BCUT2D eigenvalue weighted by Crippen LogP contribution is -2.39. The molecule has 0 radical (unpaired) electrons. The molecule has 0 unspecified atom stereocenters. The van der Waals surface area contributed by atoms with E-state index in [-0.39, 0.29) is 5.91 Å². The predicted molar refractivity (Wildman–Crippen MR) is 105 cm³/mol. The summed E-state index contributed by atoms with van der Waals surface area (Å²) in [4.78, 5) is 21.2. The number of fused-ring (bicyclic) bond motifs is 1. The normalized spacial score (nSPS) is 16.8. The van der Waals surface area contributed by atoms with Crippen molar-refractivity contribution in [2.45, 2.75) is 36.8 Å². The number of hydrogen-bond acceptors (Lipinski definition) is 5. The fourth-order valence-electron chi connectivity index (χ4n) is 3.59. The second-order valence-electron chi connectivity index (χ2n) is 7.36. The third kappa shape index (κ3) is 3.56. The zero-order valence-corrected chi connectivity index (χ0v) is 15.7. The third-order valence-electron chi connectivity index (χ3n) is 5.26. The van der Waals surface area contributed by atoms with Crippen LogP contribution in [0.2, 0.25) is 0 Å². The van der Waals surface area contributed by atoms with Crippen molar-refractivity contribution in [1.29, 1.82) is 0 Å². The zero-order valence-electron chi connectivity index (χ0n) is 14.9. The number of thioether (sulfide) groups is 1. The monoisotopic (exact) mass is 379 g/mol. The number of carbonyl (C=O) groups is 1. The number of amides is 1. The third-order valence-corrected chi connectivity index (χ3v) is 6.26. The number of carbonyl (C=O) groups excluding carboxylic acids is 1. The molecule has 0 spiro atoms. The summed E-state index contributed by atoms with van der Waals surface area (Å²) in [7, 11) is 0. The number of aromatic nitrogens is 4. The summed E-state index contributed by atoms with van der Waals surface area (Å²) in [5, 5.41) is 9.40. The molecule has 7 heteroatoms. The van der Waals surface area contributed by atoms with Gasteiger partial charge in [0.1, 0.15) is 11.4 Å². The zero-order chi connectivity index (χ0) is 18.2. The predicted octanol–water partition coefficient (Wildman–Crippen LogP) is 3.21. The molecule has 3 aromatic rings. The standard InChI is InChI=1S/C20H21N5OS/c26-17(24-18(13-6-7-13)14-8-9-14)11-27-20-16-10-23-25(19(16)21-12-22-20)15-4-2-1-3-5-15/h1-5,10,12-14,18H,6-9,11H2,(H,24,26). The van der Waals surface area contributed by atoms with Gasteiger partial charge in [0.2, 0.25) is 5.91 Å². The van der Waals surface area contributed by atoms with Crippen LogP contribution < -0.4 is 5.32 Å². The van der Waals surface area contributed by atoms with Crippen LogP contribution in [0.25, 0.3) is 16.7 Å². The molecule has 0 atom stereocenters. The minimum absolute atomic E-state index is 0.103. The maximum absolute atomic E-state index is 12.5. The Morgan fingerprint density at radius 2 is 1.89 bits per heavy atom. The average Bonchev–Trinajstić information content (AvgIpc) is 3.63. The second-order valence-corrected chi connectivity index (χ2v) is 8.33. The van der Waals surface area contributed by atoms with Crippen molar-refractivity contribution in [3.63, 3.8) is 0 Å². The summed E-state index contributed by atoms with van der Waals surface area (Å²) in [6, 6.07) is 10.3. The number of hydrogen-bond donors (Lipinski definition) is 1. The van der Waals surface area contributed by atoms with Gasteiger partial charge in [0.15, 0.2) is 5.65 Å². The summed E-state index contributed by atoms with van der Waals surface area (Å²) < 4.78 is 1.80. The van der Waals surface area contributed by atoms with Gasteiger partial charge in [0.25, 0.3) is 0 Å². The van der Waals surface area contributed by atoms with E-state index in [1.54, 1.807) is 17.2 Å². The smallest absolute Gasteiger partial charge is 0.230 e. The van der Waals surface area contributed by atoms with E-state index >= 15 is 0 Å². The van der Waals surface area contributed by atoms with E-state index in [9.17, 15) is 4.79 Å². The molecule has 1 amide bonds. The SMILES string of the molecule is O=C(CSc1ncnc2c1cnn2-c1ccccc1)NC(C1CC1)C1CC1. The average molecular weight is 379 g/mol. The Bertz CT molecular complexity index is 953. The highest BCUT2D eigenvalue weighted by Crippen LogP contribution is 2.44. The quantitative estimate of drug-likeness (QED) is 0.504. The van der Waals surface area contributed by atoms with Gasteiger partial charge in [0, 0.05) is 6.04 Å². The first-order valence-corrected chi connectivity index (χ1v) is 10.4. The highest BCUT2D eigenvalue weighted by molar-refractivity contribution is 8.00. The van der Waals surface area contributed by atoms with Crippen LogP contribution in [0.5, 0.6) is 0 Å². The molecule has 2 aromatic heterocycles. The van der Waals surface area contributed by atoms with Crippen LogP contribution in [0.15, 0.2) is 47.9 Å². The Morgan fingerprint density at radius 3 is 2.59 bits per heavy atom. The van der Waals surface area contributed by atoms with Crippen molar-refractivity contribution < 1.29 is 4.79 Å². The number of benzene rings is 1. The van der Waals surface area contributed by atoms with Gasteiger partial charge in [-0.05, 0) is 49.7 Å². The first kappa shape index (κ1) is 16.7. The molecule has 27 heavy (non-hydrogen) atoms. The highest BCUT2D eigenvalue weighted by atomic mass is 32.2. The lowest BCUT2D eigenvalue weighted by atomic mass is 10.1. The Labute approximate surface area is 161 Å². The van der Waals surface area contributed by atoms with E-state index in [0.29, 0.717) is 23.6 Å². The van der Waals surface area contributed by atoms with E-state index in [2.05, 4.69) is 20.4 Å². The fraction of sp³-hybridized carbons (Fsp3) is 0.400. The van der Waals surface area contributed by atoms with Gasteiger partial charge < -0.3 is 5.32 Å². The van der Waals surface area contributed by atoms with Crippen LogP contribution in [0.3, 0.4) is 0 Å². The minimum Gasteiger partial charge on any atom is -0.352 e. The maximum atomic E-state index is 12.5. The van der Waals surface area contributed by atoms with Crippen LogP contribution >= 0.6 is 11.8 Å². The van der Waals surface area contributed by atoms with Gasteiger partial charge in [-0.3, -0.25) is 4.79 Å². The fourth-order valence-corrected chi connectivity index (χ4v) is 4.36. The molecule has 2 aliphatic rings. The van der Waals surface area contributed by atoms with Gasteiger partial charge in [0.05, 0.1) is 23.0 Å². The molecule has 1 aromatic carbocycles. The molecule has 2 aliphatic carbocycles. The summed E-state index contributed by atoms with van der Waals surface area (Å²) in [6.07, 6.45) is 8.37. The number of para-hydroxylation sites is 1. The van der Waals surface area contributed by atoms with Crippen LogP contribution in [0.4, 0.5) is 0 Å². The molecule has 0 bridgehead atoms. The highest BCUT2D eigenvalue weighted by Gasteiger charge is 2.42. The van der Waals surface area contributed by atoms with Gasteiger partial charge in [-0.15, -0.1) is 0 Å². The topological polar surface area (TPSA) is 72.7 Å². The van der Waals surface area contributed by atoms with Crippen molar-refractivity contribution in [3.8, 4) is 5.69 Å². The van der Waals surface area contributed by atoms with Crippen molar-refractivity contribution >= 4 is 28.7 Å². The summed E-state index contributed by atoms with van der Waals surface area (Å²) in [6.45, 7) is 0. The van der Waals surface area contributed by atoms with Gasteiger partial charge in [-0.25, -0.2) is 14.6 Å². The molecule has 5 rings (SSSR count). The van der Waals surface area contributed by atoms with Gasteiger partial charge in [-0.2, -0.15) is 5.10 Å². The molecule has 138 valence electrons. The maximum Gasteiger partial charge on any atom is 0.230 e. The largest absolute Gasteiger partial charge is 0.352 e. The van der Waals surface area contributed by atoms with E-state index in [4.69, 9.17) is 0 Å². The first-order chi connectivity index (χ1) is 13.3. The molecule has 2 heterocycles. The van der Waals surface area contributed by atoms with Gasteiger partial charge >= 0.3 is 0 Å². The molecule has 2 saturated carbocycles. The summed E-state index contributed by atoms with van der Waals surface area (Å²) in [5.74, 6) is 1.90. The number of nitrogens with zero attached hydrogens (tertiary/aromatic N) is 4. The molecule has 2 fully saturated rings. The van der Waals surface area contributed by atoms with Crippen molar-refractivity contribution in [2.75, 3.05) is 5.75 Å². The van der Waals surface area contributed by atoms with Crippen molar-refractivity contribution in [3.05, 3.63) is 42.9 Å². The lowest BCUT2D eigenvalue weighted by Gasteiger charge is -2.17. The van der Waals surface area contributed by atoms with E-state index < -0.39 is 0 Å². The van der Waals surface area contributed by atoms with E-state index in [0.717, 1.165) is 21.7 Å².